The SMILES string of the molecule is COCCNc1sc(C(N)=O)c(N)c1C1CC1. The van der Waals surface area contributed by atoms with Crippen LogP contribution in [-0.2, 0) is 4.74 Å². The van der Waals surface area contributed by atoms with Gasteiger partial charge in [0.15, 0.2) is 0 Å². The minimum atomic E-state index is -0.450. The summed E-state index contributed by atoms with van der Waals surface area (Å²) in [6, 6.07) is 0. The van der Waals surface area contributed by atoms with Crippen LogP contribution in [0.2, 0.25) is 0 Å². The topological polar surface area (TPSA) is 90.4 Å². The van der Waals surface area contributed by atoms with E-state index in [0.29, 0.717) is 29.6 Å². The summed E-state index contributed by atoms with van der Waals surface area (Å²) in [7, 11) is 1.65. The van der Waals surface area contributed by atoms with Crippen LogP contribution < -0.4 is 16.8 Å². The third kappa shape index (κ3) is 2.53. The molecule has 1 fully saturated rings. The van der Waals surface area contributed by atoms with Crippen LogP contribution in [0, 0.1) is 0 Å². The Hall–Kier alpha value is -1.27. The first-order valence-electron chi connectivity index (χ1n) is 5.60. The Morgan fingerprint density at radius 2 is 2.29 bits per heavy atom. The quantitative estimate of drug-likeness (QED) is 0.669. The van der Waals surface area contributed by atoms with Gasteiger partial charge in [-0.05, 0) is 18.8 Å². The minimum Gasteiger partial charge on any atom is -0.397 e. The standard InChI is InChI=1S/C11H17N3O2S/c1-16-5-4-14-11-7(6-2-3-6)8(12)9(17-11)10(13)15/h6,14H,2-5,12H2,1H3,(H2,13,15). The summed E-state index contributed by atoms with van der Waals surface area (Å²) in [6.45, 7) is 1.32. The van der Waals surface area contributed by atoms with E-state index in [1.807, 2.05) is 0 Å². The van der Waals surface area contributed by atoms with Gasteiger partial charge in [-0.15, -0.1) is 11.3 Å². The van der Waals surface area contributed by atoms with E-state index in [0.717, 1.165) is 23.4 Å². The molecule has 17 heavy (non-hydrogen) atoms. The number of hydrogen-bond acceptors (Lipinski definition) is 5. The van der Waals surface area contributed by atoms with E-state index in [1.54, 1.807) is 7.11 Å². The van der Waals surface area contributed by atoms with E-state index in [-0.39, 0.29) is 0 Å². The molecule has 2 rings (SSSR count). The molecule has 0 aliphatic heterocycles. The van der Waals surface area contributed by atoms with Crippen LogP contribution in [0.15, 0.2) is 0 Å². The lowest BCUT2D eigenvalue weighted by atomic mass is 10.1. The minimum absolute atomic E-state index is 0.450. The van der Waals surface area contributed by atoms with Crippen molar-refractivity contribution >= 4 is 27.9 Å². The van der Waals surface area contributed by atoms with E-state index in [4.69, 9.17) is 16.2 Å². The number of carbonyl (C=O) groups excluding carboxylic acids is 1. The van der Waals surface area contributed by atoms with Crippen molar-refractivity contribution in [3.05, 3.63) is 10.4 Å². The lowest BCUT2D eigenvalue weighted by molar-refractivity contribution is 0.100. The number of carbonyl (C=O) groups is 1. The number of nitrogens with one attached hydrogen (secondary N) is 1. The Morgan fingerprint density at radius 3 is 2.82 bits per heavy atom. The van der Waals surface area contributed by atoms with Crippen molar-refractivity contribution in [2.24, 2.45) is 5.73 Å². The number of nitrogens with two attached hydrogens (primary N) is 2. The summed E-state index contributed by atoms with van der Waals surface area (Å²) in [6.07, 6.45) is 2.27. The Balaban J connectivity index is 2.23. The fourth-order valence-corrected chi connectivity index (χ4v) is 2.90. The van der Waals surface area contributed by atoms with E-state index >= 15 is 0 Å². The van der Waals surface area contributed by atoms with Gasteiger partial charge in [-0.1, -0.05) is 0 Å². The van der Waals surface area contributed by atoms with Crippen molar-refractivity contribution in [3.63, 3.8) is 0 Å². The van der Waals surface area contributed by atoms with Gasteiger partial charge in [0.05, 0.1) is 17.3 Å². The molecule has 1 aromatic heterocycles. The highest BCUT2D eigenvalue weighted by atomic mass is 32.1. The van der Waals surface area contributed by atoms with Gasteiger partial charge in [0.25, 0.3) is 5.91 Å². The molecule has 94 valence electrons. The number of ether oxygens (including phenoxy) is 1. The van der Waals surface area contributed by atoms with Crippen LogP contribution in [0.1, 0.15) is 34.0 Å². The summed E-state index contributed by atoms with van der Waals surface area (Å²) in [5.74, 6) is 0.0404. The molecule has 1 aromatic rings. The molecule has 1 aliphatic carbocycles. The molecule has 0 atom stereocenters. The maximum Gasteiger partial charge on any atom is 0.260 e. The maximum atomic E-state index is 11.3. The fourth-order valence-electron chi connectivity index (χ4n) is 1.81. The predicted octanol–water partition coefficient (Wildman–Crippen LogP) is 1.36. The second kappa shape index (κ2) is 4.93. The van der Waals surface area contributed by atoms with Gasteiger partial charge in [-0.2, -0.15) is 0 Å². The number of hydrogen-bond donors (Lipinski definition) is 3. The monoisotopic (exact) mass is 255 g/mol. The highest BCUT2D eigenvalue weighted by Gasteiger charge is 2.32. The zero-order valence-corrected chi connectivity index (χ0v) is 10.6. The highest BCUT2D eigenvalue weighted by molar-refractivity contribution is 7.18. The summed E-state index contributed by atoms with van der Waals surface area (Å²) in [5.41, 5.74) is 12.9. The number of nitrogen functional groups attached to an aromatic ring is 1. The van der Waals surface area contributed by atoms with Crippen molar-refractivity contribution in [2.75, 3.05) is 31.3 Å². The van der Waals surface area contributed by atoms with Gasteiger partial charge in [0.1, 0.15) is 4.88 Å². The largest absolute Gasteiger partial charge is 0.397 e. The van der Waals surface area contributed by atoms with Crippen molar-refractivity contribution in [1.82, 2.24) is 0 Å². The van der Waals surface area contributed by atoms with Crippen LogP contribution in [0.5, 0.6) is 0 Å². The second-order valence-corrected chi connectivity index (χ2v) is 5.17. The molecular weight excluding hydrogens is 238 g/mol. The molecule has 0 aromatic carbocycles. The third-order valence-electron chi connectivity index (χ3n) is 2.78. The number of rotatable bonds is 6. The molecule has 5 nitrogen and oxygen atoms in total. The smallest absolute Gasteiger partial charge is 0.260 e. The predicted molar refractivity (Wildman–Crippen MR) is 69.6 cm³/mol. The third-order valence-corrected chi connectivity index (χ3v) is 3.98. The van der Waals surface area contributed by atoms with Gasteiger partial charge >= 0.3 is 0 Å². The van der Waals surface area contributed by atoms with Crippen LogP contribution in [0.25, 0.3) is 0 Å². The lowest BCUT2D eigenvalue weighted by Gasteiger charge is -2.06. The van der Waals surface area contributed by atoms with Crippen LogP contribution in [0.4, 0.5) is 10.7 Å². The van der Waals surface area contributed by atoms with E-state index in [2.05, 4.69) is 5.32 Å². The summed E-state index contributed by atoms with van der Waals surface area (Å²) in [5, 5.41) is 4.23. The van der Waals surface area contributed by atoms with Crippen molar-refractivity contribution in [1.29, 1.82) is 0 Å². The first kappa shape index (κ1) is 12.2. The zero-order chi connectivity index (χ0) is 12.4. The Kier molecular flexibility index (Phi) is 3.54. The van der Waals surface area contributed by atoms with Crippen LogP contribution in [0.3, 0.4) is 0 Å². The Bertz CT molecular complexity index is 427. The molecule has 1 amide bonds. The highest BCUT2D eigenvalue weighted by Crippen LogP contribution is 2.50. The molecule has 0 saturated heterocycles. The Labute approximate surface area is 104 Å². The molecule has 1 heterocycles. The number of anilines is 2. The van der Waals surface area contributed by atoms with Crippen LogP contribution >= 0.6 is 11.3 Å². The van der Waals surface area contributed by atoms with Gasteiger partial charge in [0, 0.05) is 19.2 Å². The van der Waals surface area contributed by atoms with E-state index in [9.17, 15) is 4.79 Å². The maximum absolute atomic E-state index is 11.3. The average molecular weight is 255 g/mol. The molecular formula is C11H17N3O2S. The van der Waals surface area contributed by atoms with Gasteiger partial charge in [0.2, 0.25) is 0 Å². The molecule has 6 heteroatoms. The number of methoxy groups -OCH3 is 1. The average Bonchev–Trinajstić information content (AvgIpc) is 3.04. The molecule has 0 radical (unpaired) electrons. The molecule has 0 spiro atoms. The van der Waals surface area contributed by atoms with Crippen LogP contribution in [-0.4, -0.2) is 26.2 Å². The second-order valence-electron chi connectivity index (χ2n) is 4.15. The number of primary amides is 1. The molecule has 1 aliphatic rings. The summed E-state index contributed by atoms with van der Waals surface area (Å²) < 4.78 is 4.98. The first-order valence-corrected chi connectivity index (χ1v) is 6.41. The number of thiophene rings is 1. The Morgan fingerprint density at radius 1 is 1.59 bits per heavy atom. The zero-order valence-electron chi connectivity index (χ0n) is 9.79. The summed E-state index contributed by atoms with van der Waals surface area (Å²) in [4.78, 5) is 11.7. The van der Waals surface area contributed by atoms with Gasteiger partial charge in [-0.3, -0.25) is 4.79 Å². The fraction of sp³-hybridized carbons (Fsp3) is 0.545. The molecule has 0 unspecified atom stereocenters. The van der Waals surface area contributed by atoms with Crippen molar-refractivity contribution < 1.29 is 9.53 Å². The van der Waals surface area contributed by atoms with E-state index < -0.39 is 5.91 Å². The molecule has 1 saturated carbocycles. The van der Waals surface area contributed by atoms with Crippen molar-refractivity contribution in [2.45, 2.75) is 18.8 Å². The van der Waals surface area contributed by atoms with E-state index in [1.165, 1.54) is 11.3 Å². The number of amides is 1. The first-order chi connectivity index (χ1) is 8.15. The van der Waals surface area contributed by atoms with Gasteiger partial charge < -0.3 is 21.5 Å². The molecule has 0 bridgehead atoms. The van der Waals surface area contributed by atoms with Crippen molar-refractivity contribution in [3.8, 4) is 0 Å². The lowest BCUT2D eigenvalue weighted by Crippen LogP contribution is -2.11. The summed E-state index contributed by atoms with van der Waals surface area (Å²) >= 11 is 1.35. The normalized spacial score (nSPS) is 14.9. The molecule has 5 N–H and O–H groups in total. The van der Waals surface area contributed by atoms with Gasteiger partial charge in [-0.25, -0.2) is 0 Å².